The Morgan fingerprint density at radius 3 is 2.05 bits per heavy atom. The fraction of sp³-hybridized carbons (Fsp3) is 0.367. The summed E-state index contributed by atoms with van der Waals surface area (Å²) in [5.41, 5.74) is 1.89. The van der Waals surface area contributed by atoms with Gasteiger partial charge in [-0.1, -0.05) is 30.3 Å². The van der Waals surface area contributed by atoms with Gasteiger partial charge in [0, 0.05) is 51.3 Å². The van der Waals surface area contributed by atoms with E-state index in [1.165, 1.54) is 11.4 Å². The lowest BCUT2D eigenvalue weighted by molar-refractivity contribution is -0.135. The Morgan fingerprint density at radius 2 is 1.43 bits per heavy atom. The Morgan fingerprint density at radius 1 is 0.775 bits per heavy atom. The largest absolute Gasteiger partial charge is 0.497 e. The van der Waals surface area contributed by atoms with Gasteiger partial charge in [-0.3, -0.25) is 4.79 Å². The highest BCUT2D eigenvalue weighted by molar-refractivity contribution is 7.89. The molecule has 0 saturated carbocycles. The molecule has 0 aromatic heterocycles. The Balaban J connectivity index is 1.35. The molecule has 3 aromatic rings. The van der Waals surface area contributed by atoms with E-state index < -0.39 is 15.9 Å². The van der Waals surface area contributed by atoms with E-state index in [1.807, 2.05) is 53.4 Å². The molecule has 1 amide bonds. The van der Waals surface area contributed by atoms with E-state index in [4.69, 9.17) is 14.2 Å². The fourth-order valence-electron chi connectivity index (χ4n) is 5.60. The highest BCUT2D eigenvalue weighted by atomic mass is 32.2. The molecular weight excluding hydrogens is 530 g/mol. The number of sulfonamides is 1. The van der Waals surface area contributed by atoms with Crippen molar-refractivity contribution in [3.63, 3.8) is 0 Å². The molecule has 3 aromatic carbocycles. The van der Waals surface area contributed by atoms with Gasteiger partial charge in [0.1, 0.15) is 17.2 Å². The van der Waals surface area contributed by atoms with Crippen LogP contribution in [0.4, 0.5) is 5.69 Å². The third-order valence-electron chi connectivity index (χ3n) is 7.85. The van der Waals surface area contributed by atoms with Crippen LogP contribution in [0.15, 0.2) is 77.7 Å². The van der Waals surface area contributed by atoms with Crippen LogP contribution in [0.2, 0.25) is 0 Å². The lowest BCUT2D eigenvalue weighted by atomic mass is 9.88. The van der Waals surface area contributed by atoms with Crippen LogP contribution in [0.25, 0.3) is 0 Å². The summed E-state index contributed by atoms with van der Waals surface area (Å²) in [6, 6.07) is 21.8. The van der Waals surface area contributed by atoms with Gasteiger partial charge in [-0.15, -0.1) is 0 Å². The van der Waals surface area contributed by atoms with Gasteiger partial charge in [-0.2, -0.15) is 4.31 Å². The number of hydrogen-bond acceptors (Lipinski definition) is 7. The molecule has 0 spiro atoms. The number of ether oxygens (including phenoxy) is 3. The smallest absolute Gasteiger partial charge is 0.243 e. The molecular formula is C30H35N3O6S. The minimum absolute atomic E-state index is 0.0152. The third-order valence-corrected chi connectivity index (χ3v) is 9.69. The topological polar surface area (TPSA) is 88.6 Å². The molecule has 0 radical (unpaired) electrons. The van der Waals surface area contributed by atoms with Crippen LogP contribution in [0, 0.1) is 5.92 Å². The predicted molar refractivity (Wildman–Crippen MR) is 153 cm³/mol. The molecule has 2 atom stereocenters. The van der Waals surface area contributed by atoms with Crippen LogP contribution < -0.4 is 19.1 Å². The number of nitrogens with zero attached hydrogens (tertiary/aromatic N) is 3. The summed E-state index contributed by atoms with van der Waals surface area (Å²) >= 11 is 0. The number of carbonyl (C=O) groups is 1. The van der Waals surface area contributed by atoms with Gasteiger partial charge in [-0.25, -0.2) is 8.42 Å². The molecule has 0 bridgehead atoms. The maximum Gasteiger partial charge on any atom is 0.243 e. The lowest BCUT2D eigenvalue weighted by Crippen LogP contribution is -2.51. The van der Waals surface area contributed by atoms with E-state index in [0.717, 1.165) is 22.7 Å². The quantitative estimate of drug-likeness (QED) is 0.413. The molecule has 0 unspecified atom stereocenters. The second kappa shape index (κ2) is 11.8. The van der Waals surface area contributed by atoms with Crippen LogP contribution in [-0.2, 0) is 14.8 Å². The molecule has 2 heterocycles. The monoisotopic (exact) mass is 565 g/mol. The minimum Gasteiger partial charge on any atom is -0.497 e. The number of piperazine rings is 1. The van der Waals surface area contributed by atoms with Gasteiger partial charge in [0.2, 0.25) is 15.9 Å². The van der Waals surface area contributed by atoms with Crippen LogP contribution in [0.3, 0.4) is 0 Å². The van der Waals surface area contributed by atoms with E-state index in [-0.39, 0.29) is 29.8 Å². The molecule has 9 nitrogen and oxygen atoms in total. The molecule has 2 aliphatic rings. The van der Waals surface area contributed by atoms with Crippen molar-refractivity contribution in [3.05, 3.63) is 78.4 Å². The highest BCUT2D eigenvalue weighted by Gasteiger charge is 2.45. The van der Waals surface area contributed by atoms with Crippen LogP contribution in [-0.4, -0.2) is 84.1 Å². The first kappa shape index (κ1) is 27.8. The second-order valence-electron chi connectivity index (χ2n) is 9.97. The average Bonchev–Trinajstić information content (AvgIpc) is 3.47. The van der Waals surface area contributed by atoms with Gasteiger partial charge in [0.15, 0.2) is 0 Å². The molecule has 10 heteroatoms. The van der Waals surface area contributed by atoms with E-state index in [2.05, 4.69) is 4.90 Å². The van der Waals surface area contributed by atoms with Crippen molar-refractivity contribution in [1.82, 2.24) is 9.21 Å². The van der Waals surface area contributed by atoms with Crippen molar-refractivity contribution in [3.8, 4) is 17.2 Å². The van der Waals surface area contributed by atoms with Gasteiger partial charge < -0.3 is 24.0 Å². The number of carbonyl (C=O) groups excluding carboxylic acids is 1. The molecule has 0 N–H and O–H groups in total. The zero-order valence-corrected chi connectivity index (χ0v) is 23.8. The minimum atomic E-state index is -3.79. The van der Waals surface area contributed by atoms with Crippen molar-refractivity contribution < 1.29 is 27.4 Å². The van der Waals surface area contributed by atoms with Crippen LogP contribution >= 0.6 is 0 Å². The summed E-state index contributed by atoms with van der Waals surface area (Å²) in [5, 5.41) is 0. The first-order chi connectivity index (χ1) is 19.3. The molecule has 0 aliphatic carbocycles. The summed E-state index contributed by atoms with van der Waals surface area (Å²) in [4.78, 5) is 18.2. The molecule has 5 rings (SSSR count). The zero-order chi connectivity index (χ0) is 28.3. The average molecular weight is 566 g/mol. The van der Waals surface area contributed by atoms with Crippen molar-refractivity contribution >= 4 is 21.6 Å². The summed E-state index contributed by atoms with van der Waals surface area (Å²) in [5.74, 6) is 1.34. The van der Waals surface area contributed by atoms with E-state index in [0.29, 0.717) is 31.9 Å². The third kappa shape index (κ3) is 5.46. The second-order valence-corrected chi connectivity index (χ2v) is 11.9. The van der Waals surface area contributed by atoms with Crippen LogP contribution in [0.5, 0.6) is 17.2 Å². The normalized spacial score (nSPS) is 19.9. The van der Waals surface area contributed by atoms with Gasteiger partial charge in [-0.05, 0) is 42.0 Å². The van der Waals surface area contributed by atoms with E-state index in [9.17, 15) is 13.2 Å². The Labute approximate surface area is 235 Å². The SMILES string of the molecule is COc1ccc(S(=O)(=O)N2C[C@@H](C(=O)N3CCN(c4cc(OC)ccc4OC)CC3)[C@H](c3ccccc3)C2)cc1. The van der Waals surface area contributed by atoms with Gasteiger partial charge >= 0.3 is 0 Å². The van der Waals surface area contributed by atoms with Crippen LogP contribution in [0.1, 0.15) is 11.5 Å². The Bertz CT molecular complexity index is 1420. The molecule has 2 aliphatic heterocycles. The summed E-state index contributed by atoms with van der Waals surface area (Å²) in [7, 11) is 1.02. The zero-order valence-electron chi connectivity index (χ0n) is 23.0. The number of hydrogen-bond donors (Lipinski definition) is 0. The first-order valence-electron chi connectivity index (χ1n) is 13.3. The summed E-state index contributed by atoms with van der Waals surface area (Å²) in [6.07, 6.45) is 0. The van der Waals surface area contributed by atoms with E-state index in [1.54, 1.807) is 38.5 Å². The number of methoxy groups -OCH3 is 3. The fourth-order valence-corrected chi connectivity index (χ4v) is 7.09. The first-order valence-corrected chi connectivity index (χ1v) is 14.7. The molecule has 40 heavy (non-hydrogen) atoms. The van der Waals surface area contributed by atoms with Gasteiger partial charge in [0.25, 0.3) is 0 Å². The lowest BCUT2D eigenvalue weighted by Gasteiger charge is -2.38. The molecule has 212 valence electrons. The number of anilines is 1. The summed E-state index contributed by atoms with van der Waals surface area (Å²) in [6.45, 7) is 2.70. The highest BCUT2D eigenvalue weighted by Crippen LogP contribution is 2.38. The molecule has 2 fully saturated rings. The predicted octanol–water partition coefficient (Wildman–Crippen LogP) is 3.47. The maximum absolute atomic E-state index is 14.0. The Hall–Kier alpha value is -3.76. The number of amides is 1. The maximum atomic E-state index is 14.0. The standard InChI is InChI=1S/C30H35N3O6S/c1-37-23-9-12-25(13-10-23)40(35,36)33-20-26(22-7-5-4-6-8-22)27(21-33)30(34)32-17-15-31(16-18-32)28-19-24(38-2)11-14-29(28)39-3/h4-14,19,26-27H,15-18,20-21H2,1-3H3/t26-,27+/m0/s1. The van der Waals surface area contributed by atoms with Crippen molar-refractivity contribution in [2.45, 2.75) is 10.8 Å². The summed E-state index contributed by atoms with van der Waals surface area (Å²) < 4.78 is 44.8. The number of rotatable bonds is 8. The van der Waals surface area contributed by atoms with Gasteiger partial charge in [0.05, 0.1) is 37.8 Å². The Kier molecular flexibility index (Phi) is 8.18. The molecule has 2 saturated heterocycles. The van der Waals surface area contributed by atoms with Crippen molar-refractivity contribution in [2.24, 2.45) is 5.92 Å². The number of benzene rings is 3. The van der Waals surface area contributed by atoms with E-state index >= 15 is 0 Å². The van der Waals surface area contributed by atoms with Crippen molar-refractivity contribution in [2.75, 3.05) is 65.5 Å². The van der Waals surface area contributed by atoms with Crippen molar-refractivity contribution in [1.29, 1.82) is 0 Å².